The molecule has 4 unspecified atom stereocenters. The molecular weight excluding hydrogens is 400 g/mol. The van der Waals surface area contributed by atoms with Gasteiger partial charge < -0.3 is 37.0 Å². The first-order chi connectivity index (χ1) is 13.8. The Kier molecular flexibility index (Phi) is 11.6. The van der Waals surface area contributed by atoms with E-state index in [0.717, 1.165) is 0 Å². The second-order valence-corrected chi connectivity index (χ2v) is 7.71. The van der Waals surface area contributed by atoms with Gasteiger partial charge >= 0.3 is 11.9 Å². The fraction of sp³-hybridized carbons (Fsp3) is 0.722. The molecule has 0 bridgehead atoms. The second kappa shape index (κ2) is 12.8. The average Bonchev–Trinajstić information content (AvgIpc) is 2.61. The highest BCUT2D eigenvalue weighted by Crippen LogP contribution is 2.05. The van der Waals surface area contributed by atoms with Crippen LogP contribution in [0, 0.1) is 11.8 Å². The van der Waals surface area contributed by atoms with Gasteiger partial charge in [0.25, 0.3) is 0 Å². The molecule has 0 aliphatic carbocycles. The zero-order chi connectivity index (χ0) is 23.6. The van der Waals surface area contributed by atoms with E-state index in [9.17, 15) is 29.1 Å². The van der Waals surface area contributed by atoms with E-state index in [2.05, 4.69) is 16.0 Å². The lowest BCUT2D eigenvalue weighted by atomic mass is 10.0. The van der Waals surface area contributed by atoms with Gasteiger partial charge in [0.15, 0.2) is 0 Å². The number of rotatable bonds is 13. The number of amides is 3. The van der Waals surface area contributed by atoms with Crippen molar-refractivity contribution in [3.8, 4) is 0 Å². The maximum atomic E-state index is 12.4. The third-order valence-corrected chi connectivity index (χ3v) is 4.12. The maximum absolute atomic E-state index is 12.4. The first-order valence-corrected chi connectivity index (χ1v) is 9.52. The Morgan fingerprint density at radius 3 is 1.73 bits per heavy atom. The van der Waals surface area contributed by atoms with Crippen LogP contribution in [0.4, 0.5) is 0 Å². The summed E-state index contributed by atoms with van der Waals surface area (Å²) in [5, 5.41) is 34.1. The van der Waals surface area contributed by atoms with Gasteiger partial charge in [-0.05, 0) is 18.3 Å². The molecular formula is C18H32N4O8. The van der Waals surface area contributed by atoms with Gasteiger partial charge in [-0.3, -0.25) is 19.2 Å². The number of hydrogen-bond acceptors (Lipinski definition) is 7. The molecule has 172 valence electrons. The van der Waals surface area contributed by atoms with Crippen LogP contribution in [0.3, 0.4) is 0 Å². The lowest BCUT2D eigenvalue weighted by Gasteiger charge is -2.24. The van der Waals surface area contributed by atoms with Crippen LogP contribution in [-0.2, 0) is 24.0 Å². The van der Waals surface area contributed by atoms with Crippen molar-refractivity contribution >= 4 is 29.7 Å². The average molecular weight is 432 g/mol. The van der Waals surface area contributed by atoms with Crippen molar-refractivity contribution in [1.29, 1.82) is 0 Å². The summed E-state index contributed by atoms with van der Waals surface area (Å²) in [6.07, 6.45) is -0.476. The van der Waals surface area contributed by atoms with E-state index in [1.54, 1.807) is 13.8 Å². The zero-order valence-electron chi connectivity index (χ0n) is 17.5. The van der Waals surface area contributed by atoms with Gasteiger partial charge in [0.1, 0.15) is 18.1 Å². The molecule has 30 heavy (non-hydrogen) atoms. The molecule has 0 saturated carbocycles. The second-order valence-electron chi connectivity index (χ2n) is 7.71. The standard InChI is InChI=1S/C18H32N4O8/c1-8(2)5-10(19)15(26)20-11(6-13(24)25)16(27)21-12(7-23)17(28)22-14(9(3)4)18(29)30/h8-12,14,23H,5-7,19H2,1-4H3,(H,20,26)(H,21,27)(H,22,28)(H,24,25)(H,29,30). The highest BCUT2D eigenvalue weighted by atomic mass is 16.4. The summed E-state index contributed by atoms with van der Waals surface area (Å²) in [5.41, 5.74) is 5.73. The molecule has 12 heteroatoms. The normalized spacial score (nSPS) is 15.1. The summed E-state index contributed by atoms with van der Waals surface area (Å²) < 4.78 is 0. The van der Waals surface area contributed by atoms with Crippen LogP contribution in [0.15, 0.2) is 0 Å². The smallest absolute Gasteiger partial charge is 0.326 e. The minimum Gasteiger partial charge on any atom is -0.481 e. The number of aliphatic hydroxyl groups is 1. The van der Waals surface area contributed by atoms with Crippen LogP contribution in [0.25, 0.3) is 0 Å². The number of carbonyl (C=O) groups excluding carboxylic acids is 3. The highest BCUT2D eigenvalue weighted by Gasteiger charge is 2.32. The largest absolute Gasteiger partial charge is 0.481 e. The van der Waals surface area contributed by atoms with Gasteiger partial charge in [-0.15, -0.1) is 0 Å². The van der Waals surface area contributed by atoms with Crippen LogP contribution in [0.1, 0.15) is 40.5 Å². The Labute approximate surface area is 174 Å². The van der Waals surface area contributed by atoms with Crippen molar-refractivity contribution in [2.24, 2.45) is 17.6 Å². The molecule has 0 aliphatic rings. The van der Waals surface area contributed by atoms with E-state index >= 15 is 0 Å². The van der Waals surface area contributed by atoms with Crippen molar-refractivity contribution in [3.05, 3.63) is 0 Å². The maximum Gasteiger partial charge on any atom is 0.326 e. The number of carbonyl (C=O) groups is 5. The number of nitrogens with one attached hydrogen (secondary N) is 3. The van der Waals surface area contributed by atoms with Gasteiger partial charge in [0, 0.05) is 0 Å². The number of nitrogens with two attached hydrogens (primary N) is 1. The van der Waals surface area contributed by atoms with Crippen molar-refractivity contribution < 1.29 is 39.3 Å². The van der Waals surface area contributed by atoms with Crippen molar-refractivity contribution in [3.63, 3.8) is 0 Å². The summed E-state index contributed by atoms with van der Waals surface area (Å²) >= 11 is 0. The summed E-state index contributed by atoms with van der Waals surface area (Å²) in [7, 11) is 0. The number of aliphatic carboxylic acids is 2. The third kappa shape index (κ3) is 9.65. The van der Waals surface area contributed by atoms with E-state index in [1.807, 2.05) is 13.8 Å². The van der Waals surface area contributed by atoms with Crippen LogP contribution < -0.4 is 21.7 Å². The van der Waals surface area contributed by atoms with E-state index in [0.29, 0.717) is 6.42 Å². The minimum absolute atomic E-state index is 0.0862. The van der Waals surface area contributed by atoms with Crippen LogP contribution >= 0.6 is 0 Å². The van der Waals surface area contributed by atoms with Crippen molar-refractivity contribution in [1.82, 2.24) is 16.0 Å². The quantitative estimate of drug-likeness (QED) is 0.172. The molecule has 0 aliphatic heterocycles. The lowest BCUT2D eigenvalue weighted by molar-refractivity contribution is -0.144. The van der Waals surface area contributed by atoms with Crippen LogP contribution in [-0.4, -0.2) is 75.8 Å². The van der Waals surface area contributed by atoms with Gasteiger partial charge in [0.05, 0.1) is 19.1 Å². The molecule has 0 heterocycles. The SMILES string of the molecule is CC(C)CC(N)C(=O)NC(CC(=O)O)C(=O)NC(CO)C(=O)NC(C(=O)O)C(C)C. The fourth-order valence-electron chi connectivity index (χ4n) is 2.51. The Morgan fingerprint density at radius 2 is 1.33 bits per heavy atom. The number of carboxylic acids is 2. The monoisotopic (exact) mass is 432 g/mol. The number of aliphatic hydroxyl groups excluding tert-OH is 1. The van der Waals surface area contributed by atoms with E-state index in [4.69, 9.17) is 15.9 Å². The molecule has 3 amide bonds. The van der Waals surface area contributed by atoms with Crippen molar-refractivity contribution in [2.75, 3.05) is 6.61 Å². The van der Waals surface area contributed by atoms with Gasteiger partial charge in [-0.25, -0.2) is 4.79 Å². The van der Waals surface area contributed by atoms with E-state index in [-0.39, 0.29) is 5.92 Å². The Balaban J connectivity index is 5.25. The van der Waals surface area contributed by atoms with Gasteiger partial charge in [-0.1, -0.05) is 27.7 Å². The fourth-order valence-corrected chi connectivity index (χ4v) is 2.51. The first kappa shape index (κ1) is 27.3. The molecule has 0 aromatic heterocycles. The molecule has 12 nitrogen and oxygen atoms in total. The molecule has 0 fully saturated rings. The summed E-state index contributed by atoms with van der Waals surface area (Å²) in [6, 6.07) is -5.31. The van der Waals surface area contributed by atoms with E-state index < -0.39 is 72.8 Å². The first-order valence-electron chi connectivity index (χ1n) is 9.52. The molecule has 4 atom stereocenters. The number of carboxylic acid groups (broad SMARTS) is 2. The summed E-state index contributed by atoms with van der Waals surface area (Å²) in [6.45, 7) is 5.92. The Morgan fingerprint density at radius 1 is 0.833 bits per heavy atom. The molecule has 0 rings (SSSR count). The predicted octanol–water partition coefficient (Wildman–Crippen LogP) is -1.98. The minimum atomic E-state index is -1.55. The summed E-state index contributed by atoms with van der Waals surface area (Å²) in [5.74, 6) is -5.80. The zero-order valence-corrected chi connectivity index (χ0v) is 17.5. The number of hydrogen-bond donors (Lipinski definition) is 7. The molecule has 0 radical (unpaired) electrons. The van der Waals surface area contributed by atoms with Crippen LogP contribution in [0.2, 0.25) is 0 Å². The van der Waals surface area contributed by atoms with Crippen LogP contribution in [0.5, 0.6) is 0 Å². The Hall–Kier alpha value is -2.73. The molecule has 0 saturated heterocycles. The molecule has 0 aromatic rings. The van der Waals surface area contributed by atoms with Gasteiger partial charge in [-0.2, -0.15) is 0 Å². The molecule has 8 N–H and O–H groups in total. The summed E-state index contributed by atoms with van der Waals surface area (Å²) in [4.78, 5) is 59.1. The molecule has 0 aromatic carbocycles. The molecule has 0 spiro atoms. The van der Waals surface area contributed by atoms with Gasteiger partial charge in [0.2, 0.25) is 17.7 Å². The lowest BCUT2D eigenvalue weighted by Crippen LogP contribution is -2.59. The predicted molar refractivity (Wildman–Crippen MR) is 105 cm³/mol. The Bertz CT molecular complexity index is 638. The van der Waals surface area contributed by atoms with Crippen molar-refractivity contribution in [2.45, 2.75) is 64.7 Å². The topological polar surface area (TPSA) is 208 Å². The third-order valence-electron chi connectivity index (χ3n) is 4.12. The highest BCUT2D eigenvalue weighted by molar-refractivity contribution is 5.95. The van der Waals surface area contributed by atoms with E-state index in [1.165, 1.54) is 0 Å².